The second-order valence-electron chi connectivity index (χ2n) is 4.35. The second kappa shape index (κ2) is 6.08. The maximum absolute atomic E-state index is 11.1. The molecule has 1 aromatic carbocycles. The number of hydrogen-bond acceptors (Lipinski definition) is 4. The molecule has 0 radical (unpaired) electrons. The molecule has 1 amide bonds. The highest BCUT2D eigenvalue weighted by atomic mass is 16.5. The van der Waals surface area contributed by atoms with Crippen molar-refractivity contribution in [1.82, 2.24) is 0 Å². The van der Waals surface area contributed by atoms with Crippen LogP contribution in [-0.2, 0) is 4.79 Å². The van der Waals surface area contributed by atoms with E-state index in [0.29, 0.717) is 0 Å². The van der Waals surface area contributed by atoms with Crippen molar-refractivity contribution in [2.24, 2.45) is 11.7 Å². The van der Waals surface area contributed by atoms with Crippen LogP contribution in [0.2, 0.25) is 0 Å². The number of carbonyl (C=O) groups excluding carboxylic acids is 1. The van der Waals surface area contributed by atoms with Gasteiger partial charge in [-0.3, -0.25) is 4.79 Å². The molecule has 6 heteroatoms. The van der Waals surface area contributed by atoms with Crippen LogP contribution < -0.4 is 15.2 Å². The summed E-state index contributed by atoms with van der Waals surface area (Å²) in [6.07, 6.45) is -0.992. The number of benzene rings is 1. The molecule has 1 unspecified atom stereocenters. The van der Waals surface area contributed by atoms with E-state index < -0.39 is 18.0 Å². The summed E-state index contributed by atoms with van der Waals surface area (Å²) < 4.78 is 10.5. The summed E-state index contributed by atoms with van der Waals surface area (Å²) in [6, 6.07) is 4.34. The minimum absolute atomic E-state index is 0.210. The molecule has 1 aromatic rings. The third-order valence-electron chi connectivity index (χ3n) is 2.55. The van der Waals surface area contributed by atoms with Gasteiger partial charge in [-0.05, 0) is 18.2 Å². The van der Waals surface area contributed by atoms with Gasteiger partial charge in [0, 0.05) is 11.5 Å². The maximum Gasteiger partial charge on any atom is 0.345 e. The van der Waals surface area contributed by atoms with E-state index >= 15 is 0 Å². The predicted molar refractivity (Wildman–Crippen MR) is 68.4 cm³/mol. The highest BCUT2D eigenvalue weighted by Gasteiger charge is 2.25. The predicted octanol–water partition coefficient (Wildman–Crippen LogP) is 1.28. The monoisotopic (exact) mass is 267 g/mol. The zero-order valence-corrected chi connectivity index (χ0v) is 11.0. The molecular weight excluding hydrogens is 250 g/mol. The standard InChI is InChI=1S/C13H17NO5/c1-7(2)11(13(16)17)19-9-5-4-8(12(14)15)6-10(9)18-3/h4-7,11H,1-3H3,(H2,14,15)(H,16,17). The fourth-order valence-corrected chi connectivity index (χ4v) is 1.53. The minimum atomic E-state index is -1.06. The molecule has 6 nitrogen and oxygen atoms in total. The lowest BCUT2D eigenvalue weighted by Crippen LogP contribution is -2.32. The van der Waals surface area contributed by atoms with Crippen molar-refractivity contribution in [2.45, 2.75) is 20.0 Å². The van der Waals surface area contributed by atoms with E-state index in [-0.39, 0.29) is 23.0 Å². The van der Waals surface area contributed by atoms with Gasteiger partial charge in [-0.2, -0.15) is 0 Å². The second-order valence-corrected chi connectivity index (χ2v) is 4.35. The van der Waals surface area contributed by atoms with E-state index in [9.17, 15) is 9.59 Å². The molecule has 0 aliphatic carbocycles. The average molecular weight is 267 g/mol. The molecule has 0 saturated carbocycles. The zero-order chi connectivity index (χ0) is 14.6. The van der Waals surface area contributed by atoms with Crippen LogP contribution in [0.4, 0.5) is 0 Å². The number of methoxy groups -OCH3 is 1. The van der Waals surface area contributed by atoms with Gasteiger partial charge < -0.3 is 20.3 Å². The summed E-state index contributed by atoms with van der Waals surface area (Å²) in [4.78, 5) is 22.1. The number of nitrogens with two attached hydrogens (primary N) is 1. The number of carboxylic acid groups (broad SMARTS) is 1. The van der Waals surface area contributed by atoms with Crippen molar-refractivity contribution in [3.63, 3.8) is 0 Å². The van der Waals surface area contributed by atoms with Gasteiger partial charge in [-0.1, -0.05) is 13.8 Å². The van der Waals surface area contributed by atoms with E-state index in [4.69, 9.17) is 20.3 Å². The van der Waals surface area contributed by atoms with Gasteiger partial charge in [0.1, 0.15) is 0 Å². The quantitative estimate of drug-likeness (QED) is 0.809. The van der Waals surface area contributed by atoms with E-state index in [1.165, 1.54) is 25.3 Å². The highest BCUT2D eigenvalue weighted by molar-refractivity contribution is 5.93. The van der Waals surface area contributed by atoms with E-state index in [0.717, 1.165) is 0 Å². The summed E-state index contributed by atoms with van der Waals surface area (Å²) >= 11 is 0. The van der Waals surface area contributed by atoms with Gasteiger partial charge in [-0.15, -0.1) is 0 Å². The van der Waals surface area contributed by atoms with Gasteiger partial charge >= 0.3 is 5.97 Å². The number of ether oxygens (including phenoxy) is 2. The Hall–Kier alpha value is -2.24. The molecule has 1 atom stereocenters. The van der Waals surface area contributed by atoms with Crippen LogP contribution in [0, 0.1) is 5.92 Å². The van der Waals surface area contributed by atoms with Crippen molar-refractivity contribution in [3.05, 3.63) is 23.8 Å². The summed E-state index contributed by atoms with van der Waals surface area (Å²) in [6.45, 7) is 3.48. The first-order chi connectivity index (χ1) is 8.86. The summed E-state index contributed by atoms with van der Waals surface area (Å²) in [5.74, 6) is -1.34. The number of primary amides is 1. The Balaban J connectivity index is 3.06. The van der Waals surface area contributed by atoms with Crippen LogP contribution in [0.25, 0.3) is 0 Å². The number of amides is 1. The molecule has 1 rings (SSSR count). The lowest BCUT2D eigenvalue weighted by Gasteiger charge is -2.20. The Morgan fingerprint density at radius 1 is 1.26 bits per heavy atom. The number of hydrogen-bond donors (Lipinski definition) is 2. The van der Waals surface area contributed by atoms with Crippen molar-refractivity contribution < 1.29 is 24.2 Å². The van der Waals surface area contributed by atoms with Gasteiger partial charge in [0.15, 0.2) is 17.6 Å². The molecule has 0 bridgehead atoms. The highest BCUT2D eigenvalue weighted by Crippen LogP contribution is 2.30. The van der Waals surface area contributed by atoms with Crippen LogP contribution in [0.3, 0.4) is 0 Å². The fourth-order valence-electron chi connectivity index (χ4n) is 1.53. The zero-order valence-electron chi connectivity index (χ0n) is 11.0. The number of aliphatic carboxylic acids is 1. The Morgan fingerprint density at radius 3 is 2.32 bits per heavy atom. The summed E-state index contributed by atoms with van der Waals surface area (Å²) in [5.41, 5.74) is 5.42. The SMILES string of the molecule is COc1cc(C(N)=O)ccc1OC(C(=O)O)C(C)C. The lowest BCUT2D eigenvalue weighted by molar-refractivity contribution is -0.147. The summed E-state index contributed by atoms with van der Waals surface area (Å²) in [5, 5.41) is 9.07. The molecule has 0 heterocycles. The molecule has 0 aromatic heterocycles. The molecule has 0 saturated heterocycles. The van der Waals surface area contributed by atoms with Crippen molar-refractivity contribution in [2.75, 3.05) is 7.11 Å². The average Bonchev–Trinajstić information content (AvgIpc) is 2.34. The van der Waals surface area contributed by atoms with Crippen molar-refractivity contribution in [3.8, 4) is 11.5 Å². The summed E-state index contributed by atoms with van der Waals surface area (Å²) in [7, 11) is 1.40. The Labute approximate surface area is 111 Å². The largest absolute Gasteiger partial charge is 0.493 e. The molecule has 104 valence electrons. The Morgan fingerprint density at radius 2 is 1.89 bits per heavy atom. The maximum atomic E-state index is 11.1. The topological polar surface area (TPSA) is 98.9 Å². The van der Waals surface area contributed by atoms with Gasteiger partial charge in [-0.25, -0.2) is 4.79 Å². The molecule has 0 aliphatic rings. The van der Waals surface area contributed by atoms with Crippen LogP contribution in [-0.4, -0.2) is 30.2 Å². The van der Waals surface area contributed by atoms with Crippen LogP contribution in [0.1, 0.15) is 24.2 Å². The van der Waals surface area contributed by atoms with Crippen molar-refractivity contribution in [1.29, 1.82) is 0 Å². The molecule has 19 heavy (non-hydrogen) atoms. The molecule has 0 aliphatic heterocycles. The smallest absolute Gasteiger partial charge is 0.345 e. The third kappa shape index (κ3) is 3.61. The number of carbonyl (C=O) groups is 2. The molecule has 0 fully saturated rings. The molecule has 0 spiro atoms. The lowest BCUT2D eigenvalue weighted by atomic mass is 10.1. The first-order valence-electron chi connectivity index (χ1n) is 5.74. The molecular formula is C13H17NO5. The molecule has 3 N–H and O–H groups in total. The Bertz CT molecular complexity index is 484. The van der Waals surface area contributed by atoms with Crippen molar-refractivity contribution >= 4 is 11.9 Å². The third-order valence-corrected chi connectivity index (χ3v) is 2.55. The fraction of sp³-hybridized carbons (Fsp3) is 0.385. The van der Waals surface area contributed by atoms with Crippen LogP contribution in [0.15, 0.2) is 18.2 Å². The first kappa shape index (κ1) is 14.8. The van der Waals surface area contributed by atoms with E-state index in [2.05, 4.69) is 0 Å². The van der Waals surface area contributed by atoms with Gasteiger partial charge in [0.05, 0.1) is 7.11 Å². The van der Waals surface area contributed by atoms with E-state index in [1.54, 1.807) is 13.8 Å². The number of rotatable bonds is 6. The van der Waals surface area contributed by atoms with Crippen LogP contribution in [0.5, 0.6) is 11.5 Å². The number of carboxylic acids is 1. The Kier molecular flexibility index (Phi) is 4.74. The van der Waals surface area contributed by atoms with Crippen LogP contribution >= 0.6 is 0 Å². The minimum Gasteiger partial charge on any atom is -0.493 e. The van der Waals surface area contributed by atoms with Gasteiger partial charge in [0.2, 0.25) is 5.91 Å². The van der Waals surface area contributed by atoms with Gasteiger partial charge in [0.25, 0.3) is 0 Å². The van der Waals surface area contributed by atoms with E-state index in [1.807, 2.05) is 0 Å². The first-order valence-corrected chi connectivity index (χ1v) is 5.74. The normalized spacial score (nSPS) is 12.0.